The van der Waals surface area contributed by atoms with Crippen molar-refractivity contribution in [3.63, 3.8) is 0 Å². The van der Waals surface area contributed by atoms with E-state index in [2.05, 4.69) is 0 Å². The Morgan fingerprint density at radius 2 is 1.60 bits per heavy atom. The van der Waals surface area contributed by atoms with Crippen LogP contribution in [0.2, 0.25) is 0 Å². The van der Waals surface area contributed by atoms with Gasteiger partial charge in [-0.2, -0.15) is 0 Å². The van der Waals surface area contributed by atoms with Crippen molar-refractivity contribution in [1.29, 1.82) is 0 Å². The smallest absolute Gasteiger partial charge is 0.324 e. The van der Waals surface area contributed by atoms with E-state index in [1.807, 2.05) is 25.1 Å². The second-order valence-electron chi connectivity index (χ2n) is 6.17. The van der Waals surface area contributed by atoms with Crippen LogP contribution in [0.4, 0.5) is 0 Å². The Bertz CT molecular complexity index is 471. The first-order valence-electron chi connectivity index (χ1n) is 7.04. The van der Waals surface area contributed by atoms with Crippen molar-refractivity contribution in [2.75, 3.05) is 0 Å². The maximum Gasteiger partial charge on any atom is 0.324 e. The number of rotatable bonds is 5. The summed E-state index contributed by atoms with van der Waals surface area (Å²) in [5.41, 5.74) is -1.16. The lowest BCUT2D eigenvalue weighted by molar-refractivity contribution is -0.164. The molecule has 0 aliphatic rings. The molecule has 1 aromatic rings. The Morgan fingerprint density at radius 1 is 1.05 bits per heavy atom. The molecule has 0 N–H and O–H groups in total. The van der Waals surface area contributed by atoms with Crippen molar-refractivity contribution >= 4 is 11.8 Å². The summed E-state index contributed by atoms with van der Waals surface area (Å²) in [6.07, 6.45) is 1.08. The van der Waals surface area contributed by atoms with Crippen LogP contribution >= 0.6 is 0 Å². The second-order valence-corrected chi connectivity index (χ2v) is 6.17. The molecule has 3 nitrogen and oxygen atoms in total. The molecule has 110 valence electrons. The molecule has 0 spiro atoms. The summed E-state index contributed by atoms with van der Waals surface area (Å²) in [5.74, 6) is -0.574. The standard InChI is InChI=1S/C17H24O3/c1-6-10-14(18)17(5,13-11-8-7-9-12-13)15(19)20-16(2,3)4/h7-9,11-12H,6,10H2,1-5H3/t17-/m0/s1. The highest BCUT2D eigenvalue weighted by atomic mass is 16.6. The van der Waals surface area contributed by atoms with Crippen molar-refractivity contribution in [2.24, 2.45) is 0 Å². The van der Waals surface area contributed by atoms with Gasteiger partial charge in [-0.15, -0.1) is 0 Å². The fraction of sp³-hybridized carbons (Fsp3) is 0.529. The van der Waals surface area contributed by atoms with Crippen LogP contribution < -0.4 is 0 Å². The van der Waals surface area contributed by atoms with Crippen LogP contribution in [-0.2, 0) is 19.7 Å². The van der Waals surface area contributed by atoms with Gasteiger partial charge in [0.25, 0.3) is 0 Å². The lowest BCUT2D eigenvalue weighted by Gasteiger charge is -2.30. The third-order valence-corrected chi connectivity index (χ3v) is 3.19. The molecule has 0 fully saturated rings. The van der Waals surface area contributed by atoms with Gasteiger partial charge in [-0.3, -0.25) is 9.59 Å². The normalized spacial score (nSPS) is 14.4. The molecule has 0 unspecified atom stereocenters. The predicted octanol–water partition coefficient (Wildman–Crippen LogP) is 3.66. The maximum absolute atomic E-state index is 12.6. The van der Waals surface area contributed by atoms with Crippen LogP contribution in [0, 0.1) is 0 Å². The summed E-state index contributed by atoms with van der Waals surface area (Å²) in [6, 6.07) is 9.13. The third-order valence-electron chi connectivity index (χ3n) is 3.19. The lowest BCUT2D eigenvalue weighted by atomic mass is 9.77. The van der Waals surface area contributed by atoms with Crippen molar-refractivity contribution in [3.8, 4) is 0 Å². The third kappa shape index (κ3) is 3.69. The van der Waals surface area contributed by atoms with Gasteiger partial charge in [-0.1, -0.05) is 37.3 Å². The minimum Gasteiger partial charge on any atom is -0.459 e. The van der Waals surface area contributed by atoms with Gasteiger partial charge in [0, 0.05) is 6.42 Å². The Labute approximate surface area is 121 Å². The zero-order valence-electron chi connectivity index (χ0n) is 13.0. The Hall–Kier alpha value is -1.64. The first kappa shape index (κ1) is 16.4. The fourth-order valence-electron chi connectivity index (χ4n) is 2.02. The first-order valence-corrected chi connectivity index (χ1v) is 7.04. The summed E-state index contributed by atoms with van der Waals surface area (Å²) in [7, 11) is 0. The average molecular weight is 276 g/mol. The molecule has 20 heavy (non-hydrogen) atoms. The van der Waals surface area contributed by atoms with Gasteiger partial charge < -0.3 is 4.74 Å². The maximum atomic E-state index is 12.6. The van der Waals surface area contributed by atoms with Crippen molar-refractivity contribution in [1.82, 2.24) is 0 Å². The fourth-order valence-corrected chi connectivity index (χ4v) is 2.02. The van der Waals surface area contributed by atoms with Gasteiger partial charge in [0.05, 0.1) is 0 Å². The number of carbonyl (C=O) groups excluding carboxylic acids is 2. The molecule has 1 rings (SSSR count). The molecule has 0 saturated heterocycles. The van der Waals surface area contributed by atoms with E-state index in [-0.39, 0.29) is 5.78 Å². The molecule has 1 aromatic carbocycles. The molecular formula is C17H24O3. The molecule has 0 bridgehead atoms. The van der Waals surface area contributed by atoms with E-state index < -0.39 is 17.0 Å². The van der Waals surface area contributed by atoms with Crippen LogP contribution in [0.15, 0.2) is 30.3 Å². The SMILES string of the molecule is CCCC(=O)[C@@](C)(C(=O)OC(C)(C)C)c1ccccc1. The number of carbonyl (C=O) groups is 2. The van der Waals surface area contributed by atoms with E-state index in [4.69, 9.17) is 4.74 Å². The molecule has 0 aliphatic carbocycles. The number of hydrogen-bond acceptors (Lipinski definition) is 3. The van der Waals surface area contributed by atoms with Crippen molar-refractivity contribution in [3.05, 3.63) is 35.9 Å². The highest BCUT2D eigenvalue weighted by Gasteiger charge is 2.44. The number of ether oxygens (including phenoxy) is 1. The monoisotopic (exact) mass is 276 g/mol. The summed E-state index contributed by atoms with van der Waals surface area (Å²) >= 11 is 0. The van der Waals surface area contributed by atoms with Gasteiger partial charge in [0.15, 0.2) is 5.78 Å². The molecular weight excluding hydrogens is 252 g/mol. The highest BCUT2D eigenvalue weighted by Crippen LogP contribution is 2.30. The number of benzene rings is 1. The zero-order chi connectivity index (χ0) is 15.4. The molecule has 3 heteroatoms. The molecule has 0 saturated carbocycles. The number of hydrogen-bond donors (Lipinski definition) is 0. The van der Waals surface area contributed by atoms with Crippen LogP contribution in [0.25, 0.3) is 0 Å². The van der Waals surface area contributed by atoms with Gasteiger partial charge in [0.1, 0.15) is 11.0 Å². The quantitative estimate of drug-likeness (QED) is 0.609. The first-order chi connectivity index (χ1) is 9.21. The molecule has 0 amide bonds. The van der Waals surface area contributed by atoms with E-state index in [0.717, 1.165) is 0 Å². The van der Waals surface area contributed by atoms with Gasteiger partial charge in [0.2, 0.25) is 0 Å². The number of ketones is 1. The van der Waals surface area contributed by atoms with E-state index in [9.17, 15) is 9.59 Å². The van der Waals surface area contributed by atoms with E-state index >= 15 is 0 Å². The second kappa shape index (κ2) is 6.21. The van der Waals surface area contributed by atoms with Gasteiger partial charge in [-0.25, -0.2) is 0 Å². The summed E-state index contributed by atoms with van der Waals surface area (Å²) in [6.45, 7) is 9.01. The predicted molar refractivity (Wildman–Crippen MR) is 79.6 cm³/mol. The number of Topliss-reactive ketones (excluding diaryl/α,β-unsaturated/α-hetero) is 1. The molecule has 0 radical (unpaired) electrons. The van der Waals surface area contributed by atoms with Crippen LogP contribution in [0.1, 0.15) is 53.0 Å². The Balaban J connectivity index is 3.21. The topological polar surface area (TPSA) is 43.4 Å². The molecule has 1 atom stereocenters. The lowest BCUT2D eigenvalue weighted by Crippen LogP contribution is -2.45. The van der Waals surface area contributed by atoms with E-state index in [0.29, 0.717) is 18.4 Å². The van der Waals surface area contributed by atoms with Gasteiger partial charge >= 0.3 is 5.97 Å². The minimum absolute atomic E-state index is 0.0968. The van der Waals surface area contributed by atoms with E-state index in [1.165, 1.54) is 0 Å². The molecule has 0 heterocycles. The van der Waals surface area contributed by atoms with Crippen molar-refractivity contribution < 1.29 is 14.3 Å². The van der Waals surface area contributed by atoms with Crippen LogP contribution in [-0.4, -0.2) is 17.4 Å². The molecule has 0 aromatic heterocycles. The number of esters is 1. The van der Waals surface area contributed by atoms with Crippen LogP contribution in [0.5, 0.6) is 0 Å². The van der Waals surface area contributed by atoms with Crippen LogP contribution in [0.3, 0.4) is 0 Å². The average Bonchev–Trinajstić information content (AvgIpc) is 2.37. The largest absolute Gasteiger partial charge is 0.459 e. The minimum atomic E-state index is -1.23. The Kier molecular flexibility index (Phi) is 5.09. The summed E-state index contributed by atoms with van der Waals surface area (Å²) in [5, 5.41) is 0. The van der Waals surface area contributed by atoms with E-state index in [1.54, 1.807) is 39.8 Å². The summed E-state index contributed by atoms with van der Waals surface area (Å²) < 4.78 is 5.46. The zero-order valence-corrected chi connectivity index (χ0v) is 13.0. The Morgan fingerprint density at radius 3 is 2.05 bits per heavy atom. The highest BCUT2D eigenvalue weighted by molar-refractivity contribution is 6.09. The van der Waals surface area contributed by atoms with Gasteiger partial charge in [-0.05, 0) is 39.7 Å². The summed E-state index contributed by atoms with van der Waals surface area (Å²) in [4.78, 5) is 25.0. The van der Waals surface area contributed by atoms with Crippen molar-refractivity contribution in [2.45, 2.75) is 58.5 Å². The molecule has 0 aliphatic heterocycles.